The maximum Gasteiger partial charge on any atom is 0.166 e. The summed E-state index contributed by atoms with van der Waals surface area (Å²) in [6, 6.07) is 92.0. The van der Waals surface area contributed by atoms with Gasteiger partial charge in [-0.05, 0) is 82.4 Å². The zero-order valence-corrected chi connectivity index (χ0v) is 40.5. The Morgan fingerprint density at radius 1 is 0.253 bits per heavy atom. The van der Waals surface area contributed by atoms with Crippen LogP contribution in [0.15, 0.2) is 265 Å². The molecule has 0 bridgehead atoms. The van der Waals surface area contributed by atoms with Gasteiger partial charge in [0.1, 0.15) is 0 Å². The van der Waals surface area contributed by atoms with Gasteiger partial charge in [-0.15, -0.1) is 0 Å². The summed E-state index contributed by atoms with van der Waals surface area (Å²) in [7, 11) is 0. The van der Waals surface area contributed by atoms with Crippen molar-refractivity contribution in [2.45, 2.75) is 0 Å². The number of hydrogen-bond acceptors (Lipinski definition) is 4. The van der Waals surface area contributed by atoms with Crippen molar-refractivity contribution in [1.29, 1.82) is 0 Å². The number of nitrogens with zero attached hydrogens (tertiary/aromatic N) is 5. The number of rotatable bonds is 8. The molecule has 0 aliphatic heterocycles. The number of aromatic nitrogens is 5. The van der Waals surface area contributed by atoms with Crippen molar-refractivity contribution in [1.82, 2.24) is 24.1 Å². The third-order valence-corrected chi connectivity index (χ3v) is 14.8. The van der Waals surface area contributed by atoms with Crippen molar-refractivity contribution in [2.24, 2.45) is 0 Å². The van der Waals surface area contributed by atoms with Crippen LogP contribution in [0.2, 0.25) is 0 Å². The Morgan fingerprint density at radius 2 is 0.627 bits per heavy atom. The lowest BCUT2D eigenvalue weighted by Gasteiger charge is -2.15. The van der Waals surface area contributed by atoms with Crippen molar-refractivity contribution in [3.05, 3.63) is 261 Å². The van der Waals surface area contributed by atoms with E-state index >= 15 is 0 Å². The smallest absolute Gasteiger partial charge is 0.166 e. The van der Waals surface area contributed by atoms with Crippen molar-refractivity contribution in [2.75, 3.05) is 0 Å². The molecular weight excluding hydrogens is 915 g/mol. The highest BCUT2D eigenvalue weighted by atomic mass is 16.3. The maximum absolute atomic E-state index is 7.52. The molecule has 15 rings (SSSR count). The predicted molar refractivity (Wildman–Crippen MR) is 308 cm³/mol. The summed E-state index contributed by atoms with van der Waals surface area (Å²) in [5.41, 5.74) is 17.2. The molecule has 11 aromatic carbocycles. The van der Waals surface area contributed by atoms with Crippen LogP contribution in [0.5, 0.6) is 0 Å². The molecule has 6 heteroatoms. The van der Waals surface area contributed by atoms with Gasteiger partial charge >= 0.3 is 0 Å². The van der Waals surface area contributed by atoms with Crippen LogP contribution >= 0.6 is 0 Å². The van der Waals surface area contributed by atoms with E-state index in [9.17, 15) is 0 Å². The minimum Gasteiger partial charge on any atom is -0.452 e. The number of para-hydroxylation sites is 4. The van der Waals surface area contributed by atoms with Gasteiger partial charge in [-0.1, -0.05) is 206 Å². The third-order valence-electron chi connectivity index (χ3n) is 14.8. The first-order valence-electron chi connectivity index (χ1n) is 25.3. The molecule has 75 heavy (non-hydrogen) atoms. The molecule has 350 valence electrons. The number of hydrogen-bond donors (Lipinski definition) is 0. The molecule has 0 saturated carbocycles. The predicted octanol–water partition coefficient (Wildman–Crippen LogP) is 18.0. The Kier molecular flexibility index (Phi) is 9.78. The fourth-order valence-electron chi connectivity index (χ4n) is 11.4. The Labute approximate surface area is 431 Å². The average molecular weight is 958 g/mol. The van der Waals surface area contributed by atoms with Crippen molar-refractivity contribution in [3.63, 3.8) is 0 Å². The van der Waals surface area contributed by atoms with Crippen molar-refractivity contribution >= 4 is 65.6 Å². The number of benzene rings is 11. The third kappa shape index (κ3) is 6.92. The Hall–Kier alpha value is -10.2. The Bertz CT molecular complexity index is 4600. The van der Waals surface area contributed by atoms with Crippen LogP contribution in [-0.4, -0.2) is 24.1 Å². The second kappa shape index (κ2) is 17.3. The van der Waals surface area contributed by atoms with Gasteiger partial charge in [0.2, 0.25) is 0 Å². The van der Waals surface area contributed by atoms with Gasteiger partial charge in [-0.2, -0.15) is 0 Å². The minimum atomic E-state index is 0.562. The summed E-state index contributed by atoms with van der Waals surface area (Å²) in [5, 5.41) is 6.59. The van der Waals surface area contributed by atoms with Gasteiger partial charge in [0.25, 0.3) is 0 Å². The summed E-state index contributed by atoms with van der Waals surface area (Å²) in [6.45, 7) is 0. The monoisotopic (exact) mass is 957 g/mol. The highest BCUT2D eigenvalue weighted by Gasteiger charge is 2.25. The van der Waals surface area contributed by atoms with Gasteiger partial charge in [0.05, 0.1) is 33.4 Å². The largest absolute Gasteiger partial charge is 0.452 e. The summed E-state index contributed by atoms with van der Waals surface area (Å²) in [6.07, 6.45) is 0. The summed E-state index contributed by atoms with van der Waals surface area (Å²) in [4.78, 5) is 16.1. The Morgan fingerprint density at radius 3 is 1.15 bits per heavy atom. The summed E-state index contributed by atoms with van der Waals surface area (Å²) < 4.78 is 12.3. The van der Waals surface area contributed by atoms with Crippen LogP contribution < -0.4 is 0 Å². The molecule has 0 N–H and O–H groups in total. The quantitative estimate of drug-likeness (QED) is 0.152. The van der Waals surface area contributed by atoms with Crippen LogP contribution in [0.3, 0.4) is 0 Å². The number of furan rings is 1. The second-order valence-electron chi connectivity index (χ2n) is 19.1. The molecule has 0 aliphatic rings. The Balaban J connectivity index is 0.987. The fraction of sp³-hybridized carbons (Fsp3) is 0. The van der Waals surface area contributed by atoms with Gasteiger partial charge < -0.3 is 13.6 Å². The van der Waals surface area contributed by atoms with Gasteiger partial charge in [-0.3, -0.25) is 0 Å². The van der Waals surface area contributed by atoms with E-state index in [4.69, 9.17) is 19.4 Å². The van der Waals surface area contributed by atoms with E-state index in [0.29, 0.717) is 17.5 Å². The molecule has 6 nitrogen and oxygen atoms in total. The lowest BCUT2D eigenvalue weighted by molar-refractivity contribution is 0.673. The average Bonchev–Trinajstić information content (AvgIpc) is 4.27. The molecule has 0 aliphatic carbocycles. The first-order valence-corrected chi connectivity index (χ1v) is 25.3. The first-order chi connectivity index (χ1) is 37.2. The molecule has 0 amide bonds. The highest BCUT2D eigenvalue weighted by molar-refractivity contribution is 6.26. The molecule has 0 spiro atoms. The normalized spacial score (nSPS) is 11.7. The molecular formula is C69H43N5O. The maximum atomic E-state index is 7.52. The van der Waals surface area contributed by atoms with Crippen LogP contribution in [-0.2, 0) is 0 Å². The van der Waals surface area contributed by atoms with E-state index in [0.717, 1.165) is 122 Å². The van der Waals surface area contributed by atoms with Crippen LogP contribution in [0, 0.1) is 0 Å². The van der Waals surface area contributed by atoms with E-state index in [1.54, 1.807) is 0 Å². The van der Waals surface area contributed by atoms with Crippen LogP contribution in [0.1, 0.15) is 0 Å². The lowest BCUT2D eigenvalue weighted by Crippen LogP contribution is -2.03. The fourth-order valence-corrected chi connectivity index (χ4v) is 11.4. The van der Waals surface area contributed by atoms with E-state index in [2.05, 4.69) is 258 Å². The van der Waals surface area contributed by atoms with Gasteiger partial charge in [0.15, 0.2) is 28.6 Å². The van der Waals surface area contributed by atoms with E-state index in [-0.39, 0.29) is 0 Å². The topological polar surface area (TPSA) is 61.7 Å². The minimum absolute atomic E-state index is 0.562. The van der Waals surface area contributed by atoms with E-state index in [1.165, 1.54) is 5.39 Å². The zero-order valence-electron chi connectivity index (χ0n) is 40.5. The number of fused-ring (bicyclic) bond motifs is 11. The zero-order chi connectivity index (χ0) is 49.4. The molecule has 0 radical (unpaired) electrons. The van der Waals surface area contributed by atoms with E-state index < -0.39 is 0 Å². The van der Waals surface area contributed by atoms with Gasteiger partial charge in [-0.25, -0.2) is 15.0 Å². The molecule has 15 aromatic rings. The molecule has 0 saturated heterocycles. The van der Waals surface area contributed by atoms with Crippen molar-refractivity contribution in [3.8, 4) is 78.9 Å². The summed E-state index contributed by atoms with van der Waals surface area (Å²) >= 11 is 0. The molecule has 4 aromatic heterocycles. The lowest BCUT2D eigenvalue weighted by atomic mass is 10.0. The summed E-state index contributed by atoms with van der Waals surface area (Å²) in [5.74, 6) is 1.73. The standard InChI is InChI=1S/C69H43N5O/c1-4-20-44(21-5-1)47-26-18-28-49(42-47)67-70-68(50-29-19-27-48(43-50)45-22-6-2-7-23-45)72-69(71-67)58-33-13-17-37-62(58)74-61-36-16-12-32-53(61)55-39-41-57-56-40-38-54-52-31-11-15-35-60(52)73(63(54)65(56)75-66(57)64(55)74)59-34-14-10-30-51(59)46-24-8-3-9-25-46/h1-43H. The second-order valence-corrected chi connectivity index (χ2v) is 19.1. The highest BCUT2D eigenvalue weighted by Crippen LogP contribution is 2.46. The van der Waals surface area contributed by atoms with Crippen LogP contribution in [0.4, 0.5) is 0 Å². The van der Waals surface area contributed by atoms with Crippen LogP contribution in [0.25, 0.3) is 144 Å². The van der Waals surface area contributed by atoms with E-state index in [1.807, 2.05) is 12.1 Å². The molecule has 0 fully saturated rings. The van der Waals surface area contributed by atoms with Crippen molar-refractivity contribution < 1.29 is 4.42 Å². The molecule has 0 atom stereocenters. The SMILES string of the molecule is c1ccc(-c2cccc(-c3nc(-c4cccc(-c5ccccc5)c4)nc(-c4ccccc4-n4c5ccccc5c5ccc6c7ccc8c9ccccc9n(-c9ccccc9-c9ccccc9)c8c7oc6c54)n3)c2)cc1. The molecule has 0 unspecified atom stereocenters. The first kappa shape index (κ1) is 42.5. The van der Waals surface area contributed by atoms with Gasteiger partial charge in [0, 0.05) is 54.6 Å². The molecule has 4 heterocycles.